The van der Waals surface area contributed by atoms with Gasteiger partial charge in [-0.15, -0.1) is 0 Å². The predicted octanol–water partition coefficient (Wildman–Crippen LogP) is 5.45. The summed E-state index contributed by atoms with van der Waals surface area (Å²) in [7, 11) is 0. The molecule has 0 radical (unpaired) electrons. The molecule has 1 amide bonds. The summed E-state index contributed by atoms with van der Waals surface area (Å²) in [5.41, 5.74) is 6.44. The molecular formula is C22H29NO2. The highest BCUT2D eigenvalue weighted by atomic mass is 16.5. The second-order valence-electron chi connectivity index (χ2n) is 7.22. The van der Waals surface area contributed by atoms with Crippen LogP contribution >= 0.6 is 0 Å². The van der Waals surface area contributed by atoms with Crippen LogP contribution in [0.15, 0.2) is 30.3 Å². The Bertz CT molecular complexity index is 755. The number of ether oxygens (including phenoxy) is 1. The van der Waals surface area contributed by atoms with Crippen molar-refractivity contribution in [2.75, 3.05) is 5.32 Å². The molecular weight excluding hydrogens is 310 g/mol. The van der Waals surface area contributed by atoms with Crippen LogP contribution in [0.3, 0.4) is 0 Å². The third kappa shape index (κ3) is 4.62. The average Bonchev–Trinajstić information content (AvgIpc) is 2.50. The summed E-state index contributed by atoms with van der Waals surface area (Å²) in [6.07, 6.45) is -0.570. The van der Waals surface area contributed by atoms with Gasteiger partial charge in [0.25, 0.3) is 5.91 Å². The summed E-state index contributed by atoms with van der Waals surface area (Å²) < 4.78 is 6.01. The third-order valence-corrected chi connectivity index (χ3v) is 4.39. The zero-order valence-corrected chi connectivity index (χ0v) is 16.4. The van der Waals surface area contributed by atoms with Crippen LogP contribution in [-0.2, 0) is 4.79 Å². The third-order valence-electron chi connectivity index (χ3n) is 4.39. The van der Waals surface area contributed by atoms with E-state index in [1.807, 2.05) is 26.8 Å². The van der Waals surface area contributed by atoms with Gasteiger partial charge >= 0.3 is 0 Å². The number of carbonyl (C=O) groups is 1. The van der Waals surface area contributed by atoms with Crippen LogP contribution in [0.4, 0.5) is 5.69 Å². The van der Waals surface area contributed by atoms with E-state index in [0.717, 1.165) is 33.7 Å². The minimum Gasteiger partial charge on any atom is -0.481 e. The number of rotatable bonds is 5. The molecule has 0 unspecified atom stereocenters. The van der Waals surface area contributed by atoms with Crippen LogP contribution in [-0.4, -0.2) is 12.0 Å². The van der Waals surface area contributed by atoms with Crippen molar-refractivity contribution in [3.63, 3.8) is 0 Å². The van der Waals surface area contributed by atoms with E-state index in [1.165, 1.54) is 5.56 Å². The van der Waals surface area contributed by atoms with E-state index in [0.29, 0.717) is 5.92 Å². The van der Waals surface area contributed by atoms with Crippen molar-refractivity contribution in [1.29, 1.82) is 0 Å². The summed E-state index contributed by atoms with van der Waals surface area (Å²) in [4.78, 5) is 12.6. The zero-order valence-electron chi connectivity index (χ0n) is 16.4. The van der Waals surface area contributed by atoms with E-state index in [1.54, 1.807) is 6.92 Å². The van der Waals surface area contributed by atoms with Crippen LogP contribution in [0.1, 0.15) is 54.5 Å². The smallest absolute Gasteiger partial charge is 0.265 e. The highest BCUT2D eigenvalue weighted by molar-refractivity contribution is 5.95. The van der Waals surface area contributed by atoms with Crippen molar-refractivity contribution >= 4 is 11.6 Å². The Balaban J connectivity index is 2.18. The highest BCUT2D eigenvalue weighted by Gasteiger charge is 2.19. The first-order valence-electron chi connectivity index (χ1n) is 8.85. The fraction of sp³-hybridized carbons (Fsp3) is 0.409. The minimum absolute atomic E-state index is 0.133. The maximum atomic E-state index is 12.6. The maximum Gasteiger partial charge on any atom is 0.265 e. The quantitative estimate of drug-likeness (QED) is 0.786. The van der Waals surface area contributed by atoms with Gasteiger partial charge in [-0.25, -0.2) is 0 Å². The van der Waals surface area contributed by atoms with Gasteiger partial charge in [-0.2, -0.15) is 0 Å². The van der Waals surface area contributed by atoms with Crippen molar-refractivity contribution in [2.45, 2.75) is 60.5 Å². The van der Waals surface area contributed by atoms with Gasteiger partial charge in [0.15, 0.2) is 6.10 Å². The van der Waals surface area contributed by atoms with Crippen molar-refractivity contribution in [1.82, 2.24) is 0 Å². The largest absolute Gasteiger partial charge is 0.481 e. The summed E-state index contributed by atoms with van der Waals surface area (Å²) >= 11 is 0. The maximum absolute atomic E-state index is 12.6. The van der Waals surface area contributed by atoms with Crippen LogP contribution in [0.5, 0.6) is 5.75 Å². The van der Waals surface area contributed by atoms with Crippen LogP contribution < -0.4 is 10.1 Å². The lowest BCUT2D eigenvalue weighted by Gasteiger charge is -2.20. The molecule has 2 rings (SSSR count). The molecule has 0 aliphatic rings. The molecule has 1 atom stereocenters. The summed E-state index contributed by atoms with van der Waals surface area (Å²) in [6, 6.07) is 10.3. The predicted molar refractivity (Wildman–Crippen MR) is 105 cm³/mol. The molecule has 0 heterocycles. The fourth-order valence-corrected chi connectivity index (χ4v) is 3.07. The Morgan fingerprint density at radius 2 is 1.52 bits per heavy atom. The Morgan fingerprint density at radius 3 is 2.08 bits per heavy atom. The number of benzene rings is 2. The lowest BCUT2D eigenvalue weighted by molar-refractivity contribution is -0.122. The van der Waals surface area contributed by atoms with E-state index in [4.69, 9.17) is 4.74 Å². The normalized spacial score (nSPS) is 12.2. The molecule has 0 aromatic heterocycles. The molecule has 0 spiro atoms. The van der Waals surface area contributed by atoms with E-state index < -0.39 is 6.10 Å². The van der Waals surface area contributed by atoms with E-state index in [2.05, 4.69) is 50.4 Å². The van der Waals surface area contributed by atoms with Gasteiger partial charge in [0.1, 0.15) is 5.75 Å². The highest BCUT2D eigenvalue weighted by Crippen LogP contribution is 2.29. The number of hydrogen-bond donors (Lipinski definition) is 1. The summed E-state index contributed by atoms with van der Waals surface area (Å²) in [5, 5.41) is 3.03. The van der Waals surface area contributed by atoms with Crippen molar-refractivity contribution in [3.05, 3.63) is 58.1 Å². The number of carbonyl (C=O) groups excluding carboxylic acids is 1. The number of nitrogens with one attached hydrogen (secondary N) is 1. The zero-order chi connectivity index (χ0) is 18.7. The Kier molecular flexibility index (Phi) is 5.89. The molecule has 2 aromatic carbocycles. The van der Waals surface area contributed by atoms with Crippen molar-refractivity contribution in [2.24, 2.45) is 0 Å². The molecule has 0 fully saturated rings. The van der Waals surface area contributed by atoms with E-state index in [9.17, 15) is 4.79 Å². The molecule has 0 saturated carbocycles. The molecule has 25 heavy (non-hydrogen) atoms. The first-order chi connectivity index (χ1) is 11.7. The topological polar surface area (TPSA) is 38.3 Å². The fourth-order valence-electron chi connectivity index (χ4n) is 3.07. The lowest BCUT2D eigenvalue weighted by atomic mass is 10.0. The minimum atomic E-state index is -0.570. The van der Waals surface area contributed by atoms with Gasteiger partial charge in [0, 0.05) is 5.69 Å². The standard InChI is InChI=1S/C22H29NO2/c1-13(2)19-9-8-14(3)12-20(19)25-18(7)22(24)23-21-16(5)10-15(4)11-17(21)6/h8-13,18H,1-7H3,(H,23,24)/t18-/m1/s1. The number of amides is 1. The molecule has 0 aliphatic heterocycles. The number of hydrogen-bond acceptors (Lipinski definition) is 2. The summed E-state index contributed by atoms with van der Waals surface area (Å²) in [5.74, 6) is 0.994. The molecule has 3 heteroatoms. The average molecular weight is 339 g/mol. The van der Waals surface area contributed by atoms with Gasteiger partial charge < -0.3 is 10.1 Å². The molecule has 2 aromatic rings. The van der Waals surface area contributed by atoms with Crippen LogP contribution in [0.2, 0.25) is 0 Å². The number of aryl methyl sites for hydroxylation is 4. The van der Waals surface area contributed by atoms with Gasteiger partial charge in [0.05, 0.1) is 0 Å². The molecule has 0 aliphatic carbocycles. The van der Waals surface area contributed by atoms with Gasteiger partial charge in [0.2, 0.25) is 0 Å². The van der Waals surface area contributed by atoms with Gasteiger partial charge in [-0.1, -0.05) is 43.7 Å². The first-order valence-corrected chi connectivity index (χ1v) is 8.85. The SMILES string of the molecule is Cc1cc(C)c(NC(=O)[C@@H](C)Oc2cc(C)ccc2C(C)C)c(C)c1. The van der Waals surface area contributed by atoms with Gasteiger partial charge in [-0.05, 0) is 68.9 Å². The molecule has 0 saturated heterocycles. The summed E-state index contributed by atoms with van der Waals surface area (Å²) in [6.45, 7) is 14.2. The Hall–Kier alpha value is -2.29. The van der Waals surface area contributed by atoms with Crippen LogP contribution in [0.25, 0.3) is 0 Å². The van der Waals surface area contributed by atoms with Crippen molar-refractivity contribution < 1.29 is 9.53 Å². The van der Waals surface area contributed by atoms with Crippen molar-refractivity contribution in [3.8, 4) is 5.75 Å². The molecule has 0 bridgehead atoms. The lowest BCUT2D eigenvalue weighted by Crippen LogP contribution is -2.31. The second-order valence-corrected chi connectivity index (χ2v) is 7.22. The van der Waals surface area contributed by atoms with Gasteiger partial charge in [-0.3, -0.25) is 4.79 Å². The van der Waals surface area contributed by atoms with E-state index >= 15 is 0 Å². The second kappa shape index (κ2) is 7.73. The Morgan fingerprint density at radius 1 is 0.920 bits per heavy atom. The van der Waals surface area contributed by atoms with E-state index in [-0.39, 0.29) is 5.91 Å². The monoisotopic (exact) mass is 339 g/mol. The number of anilines is 1. The first kappa shape index (κ1) is 19.0. The Labute approximate surface area is 151 Å². The molecule has 3 nitrogen and oxygen atoms in total. The van der Waals surface area contributed by atoms with Crippen LogP contribution in [0, 0.1) is 27.7 Å². The molecule has 134 valence electrons. The molecule has 1 N–H and O–H groups in total.